The van der Waals surface area contributed by atoms with Crippen molar-refractivity contribution in [1.82, 2.24) is 5.32 Å². The molecule has 0 saturated carbocycles. The second-order valence-corrected chi connectivity index (χ2v) is 12.2. The fraction of sp³-hybridized carbons (Fsp3) is 0.500. The molecule has 0 spiro atoms. The molecule has 3 atom stereocenters. The molecule has 0 aromatic heterocycles. The van der Waals surface area contributed by atoms with Gasteiger partial charge in [0.25, 0.3) is 0 Å². The average molecular weight is 666 g/mol. The number of rotatable bonds is 26. The van der Waals surface area contributed by atoms with E-state index in [0.29, 0.717) is 43.0 Å². The van der Waals surface area contributed by atoms with Gasteiger partial charge in [-0.2, -0.15) is 0 Å². The summed E-state index contributed by atoms with van der Waals surface area (Å²) in [5.41, 5.74) is 1.60. The molecular formula is C38H51NO9. The van der Waals surface area contributed by atoms with Gasteiger partial charge in [0.15, 0.2) is 0 Å². The number of nitrogens with one attached hydrogen (secondary N) is 1. The maximum atomic E-state index is 13.3. The van der Waals surface area contributed by atoms with Gasteiger partial charge in [-0.3, -0.25) is 19.2 Å². The molecule has 0 fully saturated rings. The van der Waals surface area contributed by atoms with Crippen LogP contribution in [0.15, 0.2) is 66.7 Å². The van der Waals surface area contributed by atoms with E-state index in [1.54, 1.807) is 30.3 Å². The van der Waals surface area contributed by atoms with E-state index in [-0.39, 0.29) is 6.42 Å². The van der Waals surface area contributed by atoms with E-state index < -0.39 is 48.1 Å². The molecule has 0 aliphatic carbocycles. The van der Waals surface area contributed by atoms with Crippen LogP contribution >= 0.6 is 0 Å². The Kier molecular flexibility index (Phi) is 19.0. The van der Waals surface area contributed by atoms with E-state index in [4.69, 9.17) is 4.74 Å². The largest absolute Gasteiger partial charge is 0.489 e. The third-order valence-corrected chi connectivity index (χ3v) is 8.15. The van der Waals surface area contributed by atoms with Crippen LogP contribution in [0.5, 0.6) is 5.75 Å². The predicted octanol–water partition coefficient (Wildman–Crippen LogP) is 7.00. The lowest BCUT2D eigenvalue weighted by atomic mass is 9.87. The maximum absolute atomic E-state index is 13.3. The lowest BCUT2D eigenvalue weighted by molar-refractivity contribution is -0.152. The molecule has 2 aromatic carbocycles. The van der Waals surface area contributed by atoms with Crippen LogP contribution in [-0.4, -0.2) is 51.0 Å². The quantitative estimate of drug-likeness (QED) is 0.0611. The highest BCUT2D eigenvalue weighted by Gasteiger charge is 2.35. The van der Waals surface area contributed by atoms with Gasteiger partial charge in [-0.05, 0) is 48.9 Å². The van der Waals surface area contributed by atoms with Crippen LogP contribution in [-0.2, 0) is 37.0 Å². The number of aliphatic carboxylic acids is 3. The zero-order valence-electron chi connectivity index (χ0n) is 28.0. The summed E-state index contributed by atoms with van der Waals surface area (Å²) < 4.78 is 5.77. The highest BCUT2D eigenvalue weighted by molar-refractivity contribution is 5.91. The van der Waals surface area contributed by atoms with Crippen molar-refractivity contribution in [3.05, 3.63) is 77.9 Å². The molecule has 0 radical (unpaired) electrons. The summed E-state index contributed by atoms with van der Waals surface area (Å²) in [5.74, 6) is -7.11. The summed E-state index contributed by atoms with van der Waals surface area (Å²) >= 11 is 0. The first-order valence-corrected chi connectivity index (χ1v) is 17.0. The first kappa shape index (κ1) is 39.7. The number of carbonyl (C=O) groups is 5. The Morgan fingerprint density at radius 2 is 1.38 bits per heavy atom. The van der Waals surface area contributed by atoms with Crippen LogP contribution < -0.4 is 10.1 Å². The van der Waals surface area contributed by atoms with Crippen LogP contribution in [0.25, 0.3) is 0 Å². The second kappa shape index (κ2) is 23.0. The number of benzene rings is 2. The molecular weight excluding hydrogens is 614 g/mol. The molecule has 0 heterocycles. The van der Waals surface area contributed by atoms with Gasteiger partial charge in [-0.25, -0.2) is 4.79 Å². The molecule has 10 heteroatoms. The summed E-state index contributed by atoms with van der Waals surface area (Å²) in [6, 6.07) is 15.0. The zero-order chi connectivity index (χ0) is 35.1. The van der Waals surface area contributed by atoms with Crippen molar-refractivity contribution >= 4 is 29.6 Å². The second-order valence-electron chi connectivity index (χ2n) is 12.2. The Bertz CT molecular complexity index is 1310. The number of ether oxygens (including phenoxy) is 1. The third-order valence-electron chi connectivity index (χ3n) is 8.15. The maximum Gasteiger partial charge on any atom is 0.326 e. The molecule has 4 N–H and O–H groups in total. The van der Waals surface area contributed by atoms with E-state index in [1.807, 2.05) is 30.3 Å². The van der Waals surface area contributed by atoms with Gasteiger partial charge in [-0.15, -0.1) is 0 Å². The lowest BCUT2D eigenvalue weighted by Gasteiger charge is -2.22. The van der Waals surface area contributed by atoms with Crippen molar-refractivity contribution in [1.29, 1.82) is 0 Å². The molecule has 262 valence electrons. The Labute approximate surface area is 283 Å². The zero-order valence-corrected chi connectivity index (χ0v) is 28.0. The van der Waals surface area contributed by atoms with E-state index in [2.05, 4.69) is 12.2 Å². The van der Waals surface area contributed by atoms with Crippen molar-refractivity contribution in [3.63, 3.8) is 0 Å². The van der Waals surface area contributed by atoms with Crippen molar-refractivity contribution in [2.45, 2.75) is 109 Å². The molecule has 2 rings (SSSR count). The number of hydrogen-bond donors (Lipinski definition) is 4. The highest BCUT2D eigenvalue weighted by Crippen LogP contribution is 2.21. The number of ketones is 1. The topological polar surface area (TPSA) is 167 Å². The summed E-state index contributed by atoms with van der Waals surface area (Å²) in [6.07, 6.45) is 12.7. The fourth-order valence-electron chi connectivity index (χ4n) is 5.36. The molecule has 0 aliphatic rings. The minimum atomic E-state index is -1.58. The Morgan fingerprint density at radius 1 is 0.750 bits per heavy atom. The summed E-state index contributed by atoms with van der Waals surface area (Å²) in [6.45, 7) is 2.52. The number of carbonyl (C=O) groups excluding carboxylic acids is 2. The molecule has 1 unspecified atom stereocenters. The average Bonchev–Trinajstić information content (AvgIpc) is 3.06. The van der Waals surface area contributed by atoms with Crippen LogP contribution in [0.2, 0.25) is 0 Å². The fourth-order valence-corrected chi connectivity index (χ4v) is 5.36. The number of Topliss-reactive ketones (excluding diaryl/α,β-unsaturated/α-hetero) is 1. The highest BCUT2D eigenvalue weighted by atomic mass is 16.5. The molecule has 1 amide bonds. The predicted molar refractivity (Wildman–Crippen MR) is 183 cm³/mol. The summed E-state index contributed by atoms with van der Waals surface area (Å²) in [5, 5.41) is 31.4. The van der Waals surface area contributed by atoms with Crippen LogP contribution in [0, 0.1) is 11.8 Å². The van der Waals surface area contributed by atoms with Gasteiger partial charge in [0.05, 0.1) is 18.3 Å². The van der Waals surface area contributed by atoms with Crippen LogP contribution in [0.3, 0.4) is 0 Å². The standard InChI is InChI=1S/C38H51NO9/c1-2-3-4-7-13-18-30(40)19-14-8-5-6-9-15-20-32(33(37(44)45)26-35(41)42)36(43)39-34(38(46)47)25-28-21-23-31(24-22-28)48-27-29-16-11-10-12-17-29/h10-12,15-17,20-24,32-34H,2-9,13-14,18-19,25-27H2,1H3,(H,39,43)(H,41,42)(H,44,45)(H,46,47)/b20-15+/t32-,33?,34-/m0/s1. The number of allylic oxidation sites excluding steroid dienone is 1. The lowest BCUT2D eigenvalue weighted by Crippen LogP contribution is -2.47. The monoisotopic (exact) mass is 665 g/mol. The molecule has 2 aromatic rings. The van der Waals surface area contributed by atoms with Gasteiger partial charge in [-0.1, -0.05) is 100 Å². The number of carboxylic acid groups (broad SMARTS) is 3. The van der Waals surface area contributed by atoms with Gasteiger partial charge < -0.3 is 25.4 Å². The molecule has 10 nitrogen and oxygen atoms in total. The van der Waals surface area contributed by atoms with Crippen LogP contribution in [0.1, 0.15) is 102 Å². The first-order valence-electron chi connectivity index (χ1n) is 17.0. The smallest absolute Gasteiger partial charge is 0.326 e. The SMILES string of the molecule is CCCCCCCC(=O)CCCCCC/C=C/[C@H](C(=O)N[C@@H](Cc1ccc(OCc2ccccc2)cc1)C(=O)O)C(CC(=O)O)C(=O)O. The van der Waals surface area contributed by atoms with Gasteiger partial charge in [0.1, 0.15) is 24.2 Å². The Balaban J connectivity index is 1.93. The normalized spacial score (nSPS) is 13.0. The Morgan fingerprint density at radius 3 is 1.96 bits per heavy atom. The van der Waals surface area contributed by atoms with E-state index in [0.717, 1.165) is 44.1 Å². The summed E-state index contributed by atoms with van der Waals surface area (Å²) in [4.78, 5) is 60.9. The van der Waals surface area contributed by atoms with Crippen molar-refractivity contribution in [3.8, 4) is 5.75 Å². The van der Waals surface area contributed by atoms with Crippen molar-refractivity contribution < 1.29 is 44.0 Å². The number of hydrogen-bond acceptors (Lipinski definition) is 6. The minimum absolute atomic E-state index is 0.0749. The number of carboxylic acids is 3. The van der Waals surface area contributed by atoms with Crippen LogP contribution in [0.4, 0.5) is 0 Å². The first-order chi connectivity index (χ1) is 23.1. The Hall–Kier alpha value is -4.47. The number of amides is 1. The minimum Gasteiger partial charge on any atom is -0.489 e. The number of unbranched alkanes of at least 4 members (excludes halogenated alkanes) is 8. The van der Waals surface area contributed by atoms with Gasteiger partial charge >= 0.3 is 17.9 Å². The van der Waals surface area contributed by atoms with E-state index in [1.165, 1.54) is 25.3 Å². The molecule has 48 heavy (non-hydrogen) atoms. The van der Waals surface area contributed by atoms with Crippen molar-refractivity contribution in [2.24, 2.45) is 11.8 Å². The van der Waals surface area contributed by atoms with Gasteiger partial charge in [0, 0.05) is 19.3 Å². The summed E-state index contributed by atoms with van der Waals surface area (Å²) in [7, 11) is 0. The van der Waals surface area contributed by atoms with Gasteiger partial charge in [0.2, 0.25) is 5.91 Å². The molecule has 0 bridgehead atoms. The molecule has 0 saturated heterocycles. The molecule has 0 aliphatic heterocycles. The van der Waals surface area contributed by atoms with E-state index in [9.17, 15) is 39.3 Å². The third kappa shape index (κ3) is 16.4. The van der Waals surface area contributed by atoms with E-state index >= 15 is 0 Å². The van der Waals surface area contributed by atoms with Crippen molar-refractivity contribution in [2.75, 3.05) is 0 Å².